The highest BCUT2D eigenvalue weighted by molar-refractivity contribution is 5.98. The maximum absolute atomic E-state index is 12.3. The first-order chi connectivity index (χ1) is 9.25. The first-order valence-corrected chi connectivity index (χ1v) is 6.56. The van der Waals surface area contributed by atoms with Crippen LogP contribution < -0.4 is 9.64 Å². The Hall–Kier alpha value is -2.04. The van der Waals surface area contributed by atoms with Crippen molar-refractivity contribution >= 4 is 17.5 Å². The van der Waals surface area contributed by atoms with E-state index in [4.69, 9.17) is 4.74 Å². The molecule has 2 aliphatic rings. The predicted octanol–water partition coefficient (Wildman–Crippen LogP) is 1.03. The van der Waals surface area contributed by atoms with Crippen LogP contribution in [0.3, 0.4) is 0 Å². The summed E-state index contributed by atoms with van der Waals surface area (Å²) in [6, 6.07) is 7.50. The summed E-state index contributed by atoms with van der Waals surface area (Å²) in [6.45, 7) is 1.90. The van der Waals surface area contributed by atoms with Crippen molar-refractivity contribution in [2.45, 2.75) is 12.8 Å². The van der Waals surface area contributed by atoms with Crippen molar-refractivity contribution in [3.63, 3.8) is 0 Å². The molecule has 2 heterocycles. The Kier molecular flexibility index (Phi) is 3.11. The molecule has 0 radical (unpaired) electrons. The molecule has 1 aromatic carbocycles. The molecule has 0 saturated carbocycles. The summed E-state index contributed by atoms with van der Waals surface area (Å²) in [4.78, 5) is 27.3. The Labute approximate surface area is 111 Å². The number of ether oxygens (including phenoxy) is 1. The molecule has 1 fully saturated rings. The zero-order valence-electron chi connectivity index (χ0n) is 10.7. The SMILES string of the molecule is O=C1CCCN1CC(=O)N1CCOc2ccccc21. The molecule has 0 spiro atoms. The summed E-state index contributed by atoms with van der Waals surface area (Å²) in [5.74, 6) is 0.774. The van der Waals surface area contributed by atoms with Gasteiger partial charge in [-0.05, 0) is 18.6 Å². The lowest BCUT2D eigenvalue weighted by Crippen LogP contribution is -2.44. The maximum Gasteiger partial charge on any atom is 0.246 e. The Morgan fingerprint density at radius 3 is 2.89 bits per heavy atom. The summed E-state index contributed by atoms with van der Waals surface area (Å²) >= 11 is 0. The van der Waals surface area contributed by atoms with E-state index in [1.165, 1.54) is 0 Å². The summed E-state index contributed by atoms with van der Waals surface area (Å²) < 4.78 is 5.52. The topological polar surface area (TPSA) is 49.9 Å². The number of likely N-dealkylation sites (tertiary alicyclic amines) is 1. The van der Waals surface area contributed by atoms with Crippen molar-refractivity contribution in [1.82, 2.24) is 4.90 Å². The van der Waals surface area contributed by atoms with Crippen LogP contribution in [0, 0.1) is 0 Å². The molecule has 2 aliphatic heterocycles. The van der Waals surface area contributed by atoms with Crippen LogP contribution in [0.4, 0.5) is 5.69 Å². The van der Waals surface area contributed by atoms with Crippen molar-refractivity contribution in [3.05, 3.63) is 24.3 Å². The predicted molar refractivity (Wildman–Crippen MR) is 70.1 cm³/mol. The minimum absolute atomic E-state index is 0.0361. The van der Waals surface area contributed by atoms with Crippen molar-refractivity contribution in [2.24, 2.45) is 0 Å². The van der Waals surface area contributed by atoms with Gasteiger partial charge in [0.2, 0.25) is 11.8 Å². The van der Waals surface area contributed by atoms with Crippen LogP contribution in [0.1, 0.15) is 12.8 Å². The number of carbonyl (C=O) groups is 2. The molecule has 3 rings (SSSR count). The van der Waals surface area contributed by atoms with Gasteiger partial charge in [0, 0.05) is 13.0 Å². The number of para-hydroxylation sites is 2. The Morgan fingerprint density at radius 2 is 2.11 bits per heavy atom. The van der Waals surface area contributed by atoms with Crippen molar-refractivity contribution < 1.29 is 14.3 Å². The van der Waals surface area contributed by atoms with Gasteiger partial charge in [-0.2, -0.15) is 0 Å². The van der Waals surface area contributed by atoms with E-state index in [1.807, 2.05) is 24.3 Å². The molecule has 5 heteroatoms. The van der Waals surface area contributed by atoms with Crippen LogP contribution in [0.5, 0.6) is 5.75 Å². The van der Waals surface area contributed by atoms with Crippen LogP contribution >= 0.6 is 0 Å². The quantitative estimate of drug-likeness (QED) is 0.798. The zero-order chi connectivity index (χ0) is 13.2. The first kappa shape index (κ1) is 12.0. The van der Waals surface area contributed by atoms with Gasteiger partial charge in [0.25, 0.3) is 0 Å². The molecule has 1 aromatic rings. The fourth-order valence-corrected chi connectivity index (χ4v) is 2.55. The van der Waals surface area contributed by atoms with Gasteiger partial charge in [-0.3, -0.25) is 9.59 Å². The van der Waals surface area contributed by atoms with E-state index in [9.17, 15) is 9.59 Å². The molecule has 0 N–H and O–H groups in total. The van der Waals surface area contributed by atoms with Crippen LogP contribution in [-0.2, 0) is 9.59 Å². The maximum atomic E-state index is 12.3. The number of fused-ring (bicyclic) bond motifs is 1. The lowest BCUT2D eigenvalue weighted by atomic mass is 10.2. The monoisotopic (exact) mass is 260 g/mol. The molecule has 0 bridgehead atoms. The van der Waals surface area contributed by atoms with Gasteiger partial charge in [-0.1, -0.05) is 12.1 Å². The molecule has 100 valence electrons. The number of hydrogen-bond donors (Lipinski definition) is 0. The highest BCUT2D eigenvalue weighted by Crippen LogP contribution is 2.31. The molecule has 0 aliphatic carbocycles. The first-order valence-electron chi connectivity index (χ1n) is 6.56. The number of carbonyl (C=O) groups excluding carboxylic acids is 2. The van der Waals surface area contributed by atoms with Gasteiger partial charge in [-0.15, -0.1) is 0 Å². The Morgan fingerprint density at radius 1 is 1.26 bits per heavy atom. The highest BCUT2D eigenvalue weighted by Gasteiger charge is 2.28. The van der Waals surface area contributed by atoms with E-state index >= 15 is 0 Å². The third-order valence-electron chi connectivity index (χ3n) is 3.53. The van der Waals surface area contributed by atoms with Crippen molar-refractivity contribution in [1.29, 1.82) is 0 Å². The van der Waals surface area contributed by atoms with Gasteiger partial charge < -0.3 is 14.5 Å². The normalized spacial score (nSPS) is 18.2. The number of anilines is 1. The minimum atomic E-state index is -0.0361. The molecule has 0 unspecified atom stereocenters. The number of hydrogen-bond acceptors (Lipinski definition) is 3. The van der Waals surface area contributed by atoms with Crippen LogP contribution in [0.25, 0.3) is 0 Å². The van der Waals surface area contributed by atoms with E-state index in [0.29, 0.717) is 26.1 Å². The van der Waals surface area contributed by atoms with E-state index in [2.05, 4.69) is 0 Å². The lowest BCUT2D eigenvalue weighted by Gasteiger charge is -2.30. The van der Waals surface area contributed by atoms with E-state index in [0.717, 1.165) is 17.9 Å². The number of rotatable bonds is 2. The van der Waals surface area contributed by atoms with E-state index in [1.54, 1.807) is 9.80 Å². The molecule has 0 aromatic heterocycles. The third kappa shape index (κ3) is 2.28. The average Bonchev–Trinajstić information content (AvgIpc) is 2.83. The molecule has 5 nitrogen and oxygen atoms in total. The average molecular weight is 260 g/mol. The smallest absolute Gasteiger partial charge is 0.246 e. The highest BCUT2D eigenvalue weighted by atomic mass is 16.5. The zero-order valence-corrected chi connectivity index (χ0v) is 10.7. The number of benzene rings is 1. The standard InChI is InChI=1S/C14H16N2O3/c17-13-6-3-7-15(13)10-14(18)16-8-9-19-12-5-2-1-4-11(12)16/h1-2,4-5H,3,6-10H2. The summed E-state index contributed by atoms with van der Waals surface area (Å²) in [5, 5.41) is 0. The van der Waals surface area contributed by atoms with Gasteiger partial charge in [0.1, 0.15) is 18.9 Å². The van der Waals surface area contributed by atoms with Crippen molar-refractivity contribution in [2.75, 3.05) is 31.1 Å². The second-order valence-corrected chi connectivity index (χ2v) is 4.78. The third-order valence-corrected chi connectivity index (χ3v) is 3.53. The lowest BCUT2D eigenvalue weighted by molar-refractivity contribution is -0.132. The Bertz CT molecular complexity index is 515. The number of amides is 2. The van der Waals surface area contributed by atoms with E-state index in [-0.39, 0.29) is 18.4 Å². The van der Waals surface area contributed by atoms with Gasteiger partial charge in [0.05, 0.1) is 12.2 Å². The van der Waals surface area contributed by atoms with Crippen molar-refractivity contribution in [3.8, 4) is 5.75 Å². The molecular formula is C14H16N2O3. The number of nitrogens with zero attached hydrogens (tertiary/aromatic N) is 2. The summed E-state index contributed by atoms with van der Waals surface area (Å²) in [5.41, 5.74) is 0.797. The fourth-order valence-electron chi connectivity index (χ4n) is 2.55. The second-order valence-electron chi connectivity index (χ2n) is 4.78. The largest absolute Gasteiger partial charge is 0.490 e. The second kappa shape index (κ2) is 4.91. The fraction of sp³-hybridized carbons (Fsp3) is 0.429. The molecule has 19 heavy (non-hydrogen) atoms. The van der Waals surface area contributed by atoms with Gasteiger partial charge in [-0.25, -0.2) is 0 Å². The van der Waals surface area contributed by atoms with Crippen LogP contribution in [-0.4, -0.2) is 43.0 Å². The molecule has 1 saturated heterocycles. The summed E-state index contributed by atoms with van der Waals surface area (Å²) in [7, 11) is 0. The van der Waals surface area contributed by atoms with E-state index < -0.39 is 0 Å². The van der Waals surface area contributed by atoms with Crippen LogP contribution in [0.2, 0.25) is 0 Å². The Balaban J connectivity index is 1.76. The molecule has 0 atom stereocenters. The summed E-state index contributed by atoms with van der Waals surface area (Å²) in [6.07, 6.45) is 1.42. The van der Waals surface area contributed by atoms with Gasteiger partial charge in [0.15, 0.2) is 0 Å². The molecule has 2 amide bonds. The van der Waals surface area contributed by atoms with Crippen LogP contribution in [0.15, 0.2) is 24.3 Å². The minimum Gasteiger partial charge on any atom is -0.490 e. The van der Waals surface area contributed by atoms with Gasteiger partial charge >= 0.3 is 0 Å². The molecular weight excluding hydrogens is 244 g/mol.